The molecule has 0 atom stereocenters. The van der Waals surface area contributed by atoms with Crippen LogP contribution in [0.15, 0.2) is 34.2 Å². The summed E-state index contributed by atoms with van der Waals surface area (Å²) in [5.74, 6) is 3.19. The average Bonchev–Trinajstić information content (AvgIpc) is 2.29. The summed E-state index contributed by atoms with van der Waals surface area (Å²) in [5.41, 5.74) is 2.95. The maximum absolute atomic E-state index is 12.4. The van der Waals surface area contributed by atoms with E-state index in [1.807, 2.05) is 13.8 Å². The summed E-state index contributed by atoms with van der Waals surface area (Å²) in [4.78, 5) is 4.63. The number of hydrogen-bond donors (Lipinski definition) is 3. The molecule has 7 heteroatoms. The molecule has 0 saturated heterocycles. The van der Waals surface area contributed by atoms with E-state index < -0.39 is 5.76 Å². The molecular formula is C11H16F2N4S. The van der Waals surface area contributed by atoms with E-state index in [-0.39, 0.29) is 6.04 Å². The van der Waals surface area contributed by atoms with Gasteiger partial charge in [0.1, 0.15) is 0 Å². The molecule has 1 aromatic carbocycles. The summed E-state index contributed by atoms with van der Waals surface area (Å²) in [6.45, 7) is 3.78. The maximum Gasteiger partial charge on any atom is 0.288 e. The third-order valence-electron chi connectivity index (χ3n) is 1.88. The minimum absolute atomic E-state index is 0.0402. The molecule has 0 amide bonds. The monoisotopic (exact) mass is 274 g/mol. The molecule has 0 aliphatic carbocycles. The number of rotatable bonds is 4. The van der Waals surface area contributed by atoms with Gasteiger partial charge in [0, 0.05) is 10.9 Å². The molecule has 0 bridgehead atoms. The van der Waals surface area contributed by atoms with E-state index in [0.29, 0.717) is 28.3 Å². The number of thioether (sulfide) groups is 1. The molecule has 1 rings (SSSR count). The highest BCUT2D eigenvalue weighted by Gasteiger charge is 2.10. The lowest BCUT2D eigenvalue weighted by atomic mass is 10.3. The molecule has 0 aromatic heterocycles. The van der Waals surface area contributed by atoms with Crippen LogP contribution in [-0.4, -0.2) is 17.8 Å². The van der Waals surface area contributed by atoms with Crippen LogP contribution in [0.3, 0.4) is 0 Å². The lowest BCUT2D eigenvalue weighted by Crippen LogP contribution is -2.37. The number of alkyl halides is 2. The predicted octanol–water partition coefficient (Wildman–Crippen LogP) is 2.64. The smallest absolute Gasteiger partial charge is 0.288 e. The lowest BCUT2D eigenvalue weighted by Gasteiger charge is -2.13. The van der Waals surface area contributed by atoms with Crippen molar-refractivity contribution in [2.75, 3.05) is 5.32 Å². The van der Waals surface area contributed by atoms with E-state index in [1.54, 1.807) is 24.3 Å². The summed E-state index contributed by atoms with van der Waals surface area (Å²) in [6, 6.07) is 6.80. The van der Waals surface area contributed by atoms with E-state index in [0.717, 1.165) is 0 Å². The van der Waals surface area contributed by atoms with Crippen molar-refractivity contribution in [3.63, 3.8) is 0 Å². The van der Waals surface area contributed by atoms with Crippen molar-refractivity contribution in [1.29, 1.82) is 0 Å². The topological polar surface area (TPSA) is 62.4 Å². The summed E-state index contributed by atoms with van der Waals surface area (Å²) in [5, 5.41) is 2.89. The molecular weight excluding hydrogens is 258 g/mol. The van der Waals surface area contributed by atoms with Gasteiger partial charge in [0.25, 0.3) is 5.76 Å². The van der Waals surface area contributed by atoms with Crippen LogP contribution in [-0.2, 0) is 0 Å². The number of aliphatic imine (C=N–C) groups is 1. The van der Waals surface area contributed by atoms with Gasteiger partial charge in [-0.05, 0) is 26.0 Å². The number of anilines is 1. The highest BCUT2D eigenvalue weighted by molar-refractivity contribution is 7.99. The molecule has 0 heterocycles. The van der Waals surface area contributed by atoms with Gasteiger partial charge in [-0.25, -0.2) is 10.8 Å². The van der Waals surface area contributed by atoms with Crippen LogP contribution in [0.2, 0.25) is 0 Å². The highest BCUT2D eigenvalue weighted by atomic mass is 32.2. The fourth-order valence-electron chi connectivity index (χ4n) is 1.26. The van der Waals surface area contributed by atoms with Gasteiger partial charge in [-0.1, -0.05) is 23.9 Å². The Morgan fingerprint density at radius 2 is 2.00 bits per heavy atom. The van der Waals surface area contributed by atoms with Crippen molar-refractivity contribution in [3.05, 3.63) is 24.3 Å². The third-order valence-corrected chi connectivity index (χ3v) is 2.67. The van der Waals surface area contributed by atoms with Gasteiger partial charge < -0.3 is 5.32 Å². The van der Waals surface area contributed by atoms with Gasteiger partial charge in [0.2, 0.25) is 5.96 Å². The molecule has 0 saturated carbocycles. The number of halogens is 2. The van der Waals surface area contributed by atoms with E-state index in [9.17, 15) is 8.78 Å². The molecule has 0 fully saturated rings. The van der Waals surface area contributed by atoms with Crippen molar-refractivity contribution >= 4 is 23.4 Å². The minimum atomic E-state index is -2.47. The zero-order chi connectivity index (χ0) is 13.5. The van der Waals surface area contributed by atoms with Crippen molar-refractivity contribution < 1.29 is 8.78 Å². The average molecular weight is 274 g/mol. The van der Waals surface area contributed by atoms with Gasteiger partial charge >= 0.3 is 0 Å². The van der Waals surface area contributed by atoms with E-state index in [4.69, 9.17) is 5.84 Å². The number of para-hydroxylation sites is 1. The van der Waals surface area contributed by atoms with E-state index in [1.165, 1.54) is 0 Å². The molecule has 18 heavy (non-hydrogen) atoms. The molecule has 1 aromatic rings. The Hall–Kier alpha value is -1.34. The molecule has 100 valence electrons. The van der Waals surface area contributed by atoms with E-state index in [2.05, 4.69) is 15.7 Å². The zero-order valence-corrected chi connectivity index (χ0v) is 11.0. The molecule has 0 aliphatic heterocycles. The molecule has 4 N–H and O–H groups in total. The minimum Gasteiger partial charge on any atom is -0.324 e. The number of nitrogens with two attached hydrogens (primary N) is 1. The summed E-state index contributed by atoms with van der Waals surface area (Å²) >= 11 is 0.477. The Morgan fingerprint density at radius 1 is 1.33 bits per heavy atom. The van der Waals surface area contributed by atoms with Crippen LogP contribution in [0.4, 0.5) is 14.5 Å². The second-order valence-electron chi connectivity index (χ2n) is 3.72. The van der Waals surface area contributed by atoms with Crippen LogP contribution in [0.5, 0.6) is 0 Å². The summed E-state index contributed by atoms with van der Waals surface area (Å²) < 4.78 is 24.8. The van der Waals surface area contributed by atoms with Crippen molar-refractivity contribution in [2.24, 2.45) is 10.8 Å². The standard InChI is InChI=1S/C11H16F2N4S/c1-7(2)15-11(17-14)16-8-5-3-4-6-9(8)18-10(12)13/h3-7,10H,14H2,1-2H3,(H2,15,16,17). The molecule has 4 nitrogen and oxygen atoms in total. The first kappa shape index (κ1) is 14.7. The number of guanidine groups is 1. The van der Waals surface area contributed by atoms with Crippen LogP contribution in [0.25, 0.3) is 0 Å². The van der Waals surface area contributed by atoms with Gasteiger partial charge in [-0.15, -0.1) is 0 Å². The van der Waals surface area contributed by atoms with Crippen LogP contribution < -0.4 is 16.6 Å². The summed E-state index contributed by atoms with van der Waals surface area (Å²) in [7, 11) is 0. The van der Waals surface area contributed by atoms with Gasteiger partial charge in [-0.2, -0.15) is 8.78 Å². The number of hydrogen-bond acceptors (Lipinski definition) is 3. The Balaban J connectivity index is 2.89. The number of nitrogens with one attached hydrogen (secondary N) is 2. The molecule has 0 unspecified atom stereocenters. The van der Waals surface area contributed by atoms with Gasteiger partial charge in [-0.3, -0.25) is 5.43 Å². The van der Waals surface area contributed by atoms with Crippen molar-refractivity contribution in [2.45, 2.75) is 30.5 Å². The van der Waals surface area contributed by atoms with Crippen LogP contribution >= 0.6 is 11.8 Å². The fraction of sp³-hybridized carbons (Fsp3) is 0.364. The third kappa shape index (κ3) is 4.89. The lowest BCUT2D eigenvalue weighted by molar-refractivity contribution is 0.252. The second kappa shape index (κ2) is 7.17. The van der Waals surface area contributed by atoms with Crippen LogP contribution in [0, 0.1) is 0 Å². The van der Waals surface area contributed by atoms with Crippen LogP contribution in [0.1, 0.15) is 13.8 Å². The number of benzene rings is 1. The first-order chi connectivity index (χ1) is 8.52. The maximum atomic E-state index is 12.4. The highest BCUT2D eigenvalue weighted by Crippen LogP contribution is 2.31. The number of nitrogens with zero attached hydrogens (tertiary/aromatic N) is 1. The normalized spacial score (nSPS) is 12.1. The SMILES string of the molecule is CC(C)N=C(NN)Nc1ccccc1SC(F)F. The first-order valence-electron chi connectivity index (χ1n) is 5.38. The van der Waals surface area contributed by atoms with E-state index >= 15 is 0 Å². The number of hydrazine groups is 1. The van der Waals surface area contributed by atoms with Crippen molar-refractivity contribution in [1.82, 2.24) is 5.43 Å². The second-order valence-corrected chi connectivity index (χ2v) is 4.75. The molecule has 0 radical (unpaired) electrons. The Bertz CT molecular complexity index is 410. The largest absolute Gasteiger partial charge is 0.324 e. The molecule has 0 aliphatic rings. The first-order valence-corrected chi connectivity index (χ1v) is 6.26. The van der Waals surface area contributed by atoms with Crippen molar-refractivity contribution in [3.8, 4) is 0 Å². The predicted molar refractivity (Wildman–Crippen MR) is 71.8 cm³/mol. The van der Waals surface area contributed by atoms with Gasteiger partial charge in [0.05, 0.1) is 5.69 Å². The quantitative estimate of drug-likeness (QED) is 0.260. The fourth-order valence-corrected chi connectivity index (χ4v) is 1.86. The molecule has 0 spiro atoms. The Labute approximate surface area is 109 Å². The van der Waals surface area contributed by atoms with Gasteiger partial charge in [0.15, 0.2) is 0 Å². The summed E-state index contributed by atoms with van der Waals surface area (Å²) in [6.07, 6.45) is 0. The Kier molecular flexibility index (Phi) is 5.87. The Morgan fingerprint density at radius 3 is 2.56 bits per heavy atom. The zero-order valence-electron chi connectivity index (χ0n) is 10.2.